The van der Waals surface area contributed by atoms with Crippen molar-refractivity contribution in [2.75, 3.05) is 0 Å². The van der Waals surface area contributed by atoms with Gasteiger partial charge >= 0.3 is 13.8 Å². The third-order valence-corrected chi connectivity index (χ3v) is 4.98. The van der Waals surface area contributed by atoms with Gasteiger partial charge in [0.1, 0.15) is 6.33 Å². The van der Waals surface area contributed by atoms with E-state index in [1.165, 1.54) is 17.0 Å². The lowest BCUT2D eigenvalue weighted by Crippen LogP contribution is -2.06. The van der Waals surface area contributed by atoms with Crippen LogP contribution < -0.4 is 5.50 Å². The van der Waals surface area contributed by atoms with E-state index in [2.05, 4.69) is 4.98 Å². The number of fused-ring (bicyclic) bond motifs is 1. The fraction of sp³-hybridized carbons (Fsp3) is 0.0556. The Morgan fingerprint density at radius 2 is 1.75 bits per heavy atom. The molecule has 0 bridgehead atoms. The van der Waals surface area contributed by atoms with Crippen LogP contribution in [0.1, 0.15) is 5.56 Å². The van der Waals surface area contributed by atoms with E-state index in [4.69, 9.17) is 4.42 Å². The zero-order chi connectivity index (χ0) is 20.1. The number of furan rings is 1. The van der Waals surface area contributed by atoms with Crippen molar-refractivity contribution in [2.24, 2.45) is 0 Å². The number of nitrogens with zero attached hydrogens (tertiary/aromatic N) is 2. The molecule has 0 fully saturated rings. The first-order valence-corrected chi connectivity index (χ1v) is 9.56. The third kappa shape index (κ3) is 3.24. The molecule has 0 radical (unpaired) electrons. The summed E-state index contributed by atoms with van der Waals surface area (Å²) in [5.41, 5.74) is -0.222. The van der Waals surface area contributed by atoms with Gasteiger partial charge in [-0.2, -0.15) is 13.2 Å². The molecule has 0 saturated heterocycles. The van der Waals surface area contributed by atoms with Crippen LogP contribution in [0.15, 0.2) is 65.3 Å². The minimum atomic E-state index is -4.63. The molecule has 4 aromatic rings. The summed E-state index contributed by atoms with van der Waals surface area (Å²) in [6.45, 7) is 0. The molecule has 2 N–H and O–H groups in total. The lowest BCUT2D eigenvalue weighted by atomic mass is 10.0. The highest BCUT2D eigenvalue weighted by Crippen LogP contribution is 2.38. The molecule has 0 aliphatic rings. The molecule has 28 heavy (non-hydrogen) atoms. The highest BCUT2D eigenvalue weighted by atomic mass is 31.2. The predicted molar refractivity (Wildman–Crippen MR) is 95.5 cm³/mol. The van der Waals surface area contributed by atoms with Gasteiger partial charge < -0.3 is 14.2 Å². The van der Waals surface area contributed by atoms with E-state index in [0.29, 0.717) is 11.1 Å². The quantitative estimate of drug-likeness (QED) is 0.498. The van der Waals surface area contributed by atoms with Crippen LogP contribution in [0, 0.1) is 0 Å². The zero-order valence-electron chi connectivity index (χ0n) is 14.0. The summed E-state index contributed by atoms with van der Waals surface area (Å²) < 4.78 is 58.1. The first kappa shape index (κ1) is 18.5. The van der Waals surface area contributed by atoms with Crippen LogP contribution in [0.2, 0.25) is 0 Å². The predicted octanol–water partition coefficient (Wildman–Crippen LogP) is 4.11. The van der Waals surface area contributed by atoms with E-state index in [1.54, 1.807) is 30.3 Å². The van der Waals surface area contributed by atoms with Crippen molar-refractivity contribution in [1.29, 1.82) is 0 Å². The van der Waals surface area contributed by atoms with Gasteiger partial charge in [0, 0.05) is 11.6 Å². The summed E-state index contributed by atoms with van der Waals surface area (Å²) in [6, 6.07) is 12.8. The normalized spacial score (nSPS) is 12.6. The van der Waals surface area contributed by atoms with Crippen molar-refractivity contribution in [3.8, 4) is 17.0 Å². The van der Waals surface area contributed by atoms with Gasteiger partial charge in [-0.25, -0.2) is 4.98 Å². The van der Waals surface area contributed by atoms with Gasteiger partial charge in [-0.3, -0.25) is 9.13 Å². The average molecular weight is 408 g/mol. The molecule has 0 spiro atoms. The monoisotopic (exact) mass is 408 g/mol. The minimum Gasteiger partial charge on any atom is -0.432 e. The number of benzene rings is 2. The van der Waals surface area contributed by atoms with Crippen molar-refractivity contribution in [3.63, 3.8) is 0 Å². The topological polar surface area (TPSA) is 88.5 Å². The van der Waals surface area contributed by atoms with Gasteiger partial charge in [0.15, 0.2) is 0 Å². The van der Waals surface area contributed by atoms with Crippen molar-refractivity contribution in [3.05, 3.63) is 66.5 Å². The summed E-state index contributed by atoms with van der Waals surface area (Å²) in [6.07, 6.45) is -3.34. The molecule has 0 amide bonds. The van der Waals surface area contributed by atoms with E-state index in [9.17, 15) is 27.5 Å². The van der Waals surface area contributed by atoms with Gasteiger partial charge in [-0.15, -0.1) is 0 Å². The molecular weight excluding hydrogens is 396 g/mol. The molecule has 0 aliphatic carbocycles. The highest BCUT2D eigenvalue weighted by molar-refractivity contribution is 7.59. The van der Waals surface area contributed by atoms with Crippen LogP contribution >= 0.6 is 7.60 Å². The van der Waals surface area contributed by atoms with E-state index in [-0.39, 0.29) is 17.0 Å². The summed E-state index contributed by atoms with van der Waals surface area (Å²) in [7, 11) is -4.63. The first-order valence-electron chi connectivity index (χ1n) is 7.94. The molecule has 144 valence electrons. The van der Waals surface area contributed by atoms with Crippen LogP contribution in [-0.4, -0.2) is 19.3 Å². The maximum absolute atomic E-state index is 13.5. The molecule has 2 aromatic carbocycles. The first-order chi connectivity index (χ1) is 13.1. The number of rotatable bonds is 3. The minimum absolute atomic E-state index is 0.0563. The Bertz CT molecular complexity index is 1210. The molecule has 4 rings (SSSR count). The molecule has 0 saturated carbocycles. The van der Waals surface area contributed by atoms with Gasteiger partial charge in [0.2, 0.25) is 11.4 Å². The summed E-state index contributed by atoms with van der Waals surface area (Å²) >= 11 is 0. The van der Waals surface area contributed by atoms with Crippen molar-refractivity contribution in [1.82, 2.24) is 9.55 Å². The number of alkyl halides is 3. The Morgan fingerprint density at radius 1 is 1.04 bits per heavy atom. The average Bonchev–Trinajstić information content (AvgIpc) is 3.27. The maximum atomic E-state index is 13.5. The lowest BCUT2D eigenvalue weighted by molar-refractivity contribution is -0.137. The molecule has 0 aliphatic heterocycles. The maximum Gasteiger partial charge on any atom is 0.416 e. The van der Waals surface area contributed by atoms with Crippen molar-refractivity contribution >= 4 is 24.1 Å². The Hall–Kier alpha value is -2.87. The number of hydrogen-bond donors (Lipinski definition) is 2. The number of halogens is 3. The summed E-state index contributed by atoms with van der Waals surface area (Å²) in [5, 5.41) is 0. The van der Waals surface area contributed by atoms with E-state index in [0.717, 1.165) is 18.2 Å². The standard InChI is InChI=1S/C18H12F3N2O4P/c19-18(20,21)12-8-13(11-4-2-1-3-5-11)17-14(9-12)23(10-22-17)15-6-7-16(27-15)28(24,25)26/h1-10H,(H2,24,25,26). The second-order valence-corrected chi connectivity index (χ2v) is 7.55. The fourth-order valence-electron chi connectivity index (χ4n) is 2.90. The van der Waals surface area contributed by atoms with Crippen LogP contribution in [0.5, 0.6) is 0 Å². The second-order valence-electron chi connectivity index (χ2n) is 6.03. The van der Waals surface area contributed by atoms with Gasteiger partial charge in [-0.1, -0.05) is 30.3 Å². The Kier molecular flexibility index (Phi) is 4.19. The van der Waals surface area contributed by atoms with Crippen LogP contribution in [0.25, 0.3) is 28.0 Å². The molecular formula is C18H12F3N2O4P. The summed E-state index contributed by atoms with van der Waals surface area (Å²) in [4.78, 5) is 22.6. The summed E-state index contributed by atoms with van der Waals surface area (Å²) in [5.74, 6) is -0.0563. The molecule has 2 aromatic heterocycles. The van der Waals surface area contributed by atoms with E-state index >= 15 is 0 Å². The smallest absolute Gasteiger partial charge is 0.416 e. The second kappa shape index (κ2) is 6.34. The third-order valence-electron chi connectivity index (χ3n) is 4.17. The largest absolute Gasteiger partial charge is 0.432 e. The van der Waals surface area contributed by atoms with Gasteiger partial charge in [0.05, 0.1) is 16.6 Å². The van der Waals surface area contributed by atoms with Crippen molar-refractivity contribution < 1.29 is 31.9 Å². The van der Waals surface area contributed by atoms with Crippen LogP contribution in [0.3, 0.4) is 0 Å². The van der Waals surface area contributed by atoms with Gasteiger partial charge in [0.25, 0.3) is 0 Å². The SMILES string of the molecule is O=P(O)(O)c1ccc(-n2cnc3c(-c4ccccc4)cc(C(F)(F)F)cc32)o1. The molecule has 0 unspecified atom stereocenters. The lowest BCUT2D eigenvalue weighted by Gasteiger charge is -2.11. The molecule has 6 nitrogen and oxygen atoms in total. The molecule has 2 heterocycles. The number of aromatic nitrogens is 2. The van der Waals surface area contributed by atoms with Crippen molar-refractivity contribution in [2.45, 2.75) is 6.18 Å². The number of hydrogen-bond acceptors (Lipinski definition) is 3. The Balaban J connectivity index is 1.98. The zero-order valence-corrected chi connectivity index (χ0v) is 14.9. The van der Waals surface area contributed by atoms with Gasteiger partial charge in [-0.05, 0) is 23.8 Å². The molecule has 10 heteroatoms. The highest BCUT2D eigenvalue weighted by Gasteiger charge is 2.32. The molecule has 0 atom stereocenters. The van der Waals surface area contributed by atoms with E-state index in [1.807, 2.05) is 0 Å². The Morgan fingerprint density at radius 3 is 2.36 bits per heavy atom. The van der Waals surface area contributed by atoms with Crippen LogP contribution in [0.4, 0.5) is 13.2 Å². The van der Waals surface area contributed by atoms with E-state index < -0.39 is 24.8 Å². The Labute approximate surface area is 156 Å². The van der Waals surface area contributed by atoms with Crippen LogP contribution in [-0.2, 0) is 10.7 Å². The number of imidazole rings is 1. The fourth-order valence-corrected chi connectivity index (χ4v) is 3.38.